The molecule has 3 atom stereocenters. The van der Waals surface area contributed by atoms with Crippen LogP contribution < -0.4 is 5.32 Å². The molecular formula is C17H27N. The molecule has 18 heavy (non-hydrogen) atoms. The summed E-state index contributed by atoms with van der Waals surface area (Å²) in [5.41, 5.74) is 1.48. The molecule has 0 heterocycles. The smallest absolute Gasteiger partial charge is 0.0136 e. The summed E-state index contributed by atoms with van der Waals surface area (Å²) in [6, 6.07) is 11.6. The lowest BCUT2D eigenvalue weighted by molar-refractivity contribution is 0.349. The molecule has 0 bridgehead atoms. The third-order valence-electron chi connectivity index (χ3n) is 4.49. The van der Waals surface area contributed by atoms with Crippen LogP contribution in [0.4, 0.5) is 0 Å². The van der Waals surface area contributed by atoms with E-state index in [1.165, 1.54) is 37.7 Å². The molecule has 1 aromatic carbocycles. The van der Waals surface area contributed by atoms with Crippen LogP contribution in [0, 0.1) is 11.8 Å². The summed E-state index contributed by atoms with van der Waals surface area (Å²) < 4.78 is 0. The molecule has 1 heteroatoms. The van der Waals surface area contributed by atoms with Crippen LogP contribution in [0.2, 0.25) is 0 Å². The van der Waals surface area contributed by atoms with Gasteiger partial charge in [0.25, 0.3) is 0 Å². The Morgan fingerprint density at radius 3 is 2.56 bits per heavy atom. The molecular weight excluding hydrogens is 218 g/mol. The summed E-state index contributed by atoms with van der Waals surface area (Å²) in [5.74, 6) is 1.86. The van der Waals surface area contributed by atoms with Crippen LogP contribution >= 0.6 is 0 Å². The number of hydrogen-bond donors (Lipinski definition) is 1. The van der Waals surface area contributed by atoms with Crippen molar-refractivity contribution in [1.82, 2.24) is 5.32 Å². The van der Waals surface area contributed by atoms with Crippen molar-refractivity contribution in [2.75, 3.05) is 6.54 Å². The minimum absolute atomic E-state index is 0.675. The van der Waals surface area contributed by atoms with Crippen molar-refractivity contribution < 1.29 is 0 Å². The van der Waals surface area contributed by atoms with E-state index in [0.717, 1.165) is 18.4 Å². The third kappa shape index (κ3) is 3.58. The van der Waals surface area contributed by atoms with Crippen LogP contribution in [0.3, 0.4) is 0 Å². The van der Waals surface area contributed by atoms with Gasteiger partial charge >= 0.3 is 0 Å². The molecule has 3 unspecified atom stereocenters. The van der Waals surface area contributed by atoms with Crippen molar-refractivity contribution in [2.24, 2.45) is 11.8 Å². The number of nitrogens with one attached hydrogen (secondary N) is 1. The first-order valence-corrected chi connectivity index (χ1v) is 7.60. The maximum Gasteiger partial charge on any atom is 0.0136 e. The average molecular weight is 245 g/mol. The molecule has 100 valence electrons. The Bertz CT molecular complexity index is 333. The van der Waals surface area contributed by atoms with Crippen LogP contribution in [-0.2, 0) is 6.42 Å². The van der Waals surface area contributed by atoms with Gasteiger partial charge in [-0.3, -0.25) is 0 Å². The Kier molecular flexibility index (Phi) is 5.25. The summed E-state index contributed by atoms with van der Waals surface area (Å²) in [5, 5.41) is 3.72. The van der Waals surface area contributed by atoms with Crippen LogP contribution in [0.25, 0.3) is 0 Å². The van der Waals surface area contributed by atoms with Gasteiger partial charge in [-0.05, 0) is 43.2 Å². The third-order valence-corrected chi connectivity index (χ3v) is 4.49. The lowest BCUT2D eigenvalue weighted by Gasteiger charge is -2.25. The van der Waals surface area contributed by atoms with Gasteiger partial charge in [0.2, 0.25) is 0 Å². The first kappa shape index (κ1) is 13.6. The fourth-order valence-electron chi connectivity index (χ4n) is 3.39. The minimum atomic E-state index is 0.675. The summed E-state index contributed by atoms with van der Waals surface area (Å²) >= 11 is 0. The highest BCUT2D eigenvalue weighted by Crippen LogP contribution is 2.35. The van der Waals surface area contributed by atoms with E-state index in [4.69, 9.17) is 0 Å². The van der Waals surface area contributed by atoms with Crippen molar-refractivity contribution in [3.05, 3.63) is 35.9 Å². The van der Waals surface area contributed by atoms with Gasteiger partial charge in [0.15, 0.2) is 0 Å². The molecule has 0 aromatic heterocycles. The molecule has 1 aliphatic carbocycles. The van der Waals surface area contributed by atoms with Crippen molar-refractivity contribution in [2.45, 2.75) is 52.0 Å². The Morgan fingerprint density at radius 2 is 1.94 bits per heavy atom. The molecule has 0 saturated heterocycles. The van der Waals surface area contributed by atoms with Gasteiger partial charge in [-0.2, -0.15) is 0 Å². The van der Waals surface area contributed by atoms with Gasteiger partial charge in [-0.1, -0.05) is 57.0 Å². The molecule has 1 fully saturated rings. The van der Waals surface area contributed by atoms with Crippen molar-refractivity contribution in [3.8, 4) is 0 Å². The van der Waals surface area contributed by atoms with Crippen molar-refractivity contribution in [3.63, 3.8) is 0 Å². The first-order valence-electron chi connectivity index (χ1n) is 7.60. The van der Waals surface area contributed by atoms with E-state index >= 15 is 0 Å². The van der Waals surface area contributed by atoms with Crippen LogP contribution in [0.5, 0.6) is 0 Å². The molecule has 0 spiro atoms. The first-order chi connectivity index (χ1) is 8.83. The molecule has 1 N–H and O–H groups in total. The standard InChI is InChI=1S/C17H27N/c1-3-14-10-11-16(12-14)17(18-4-2)13-15-8-6-5-7-9-15/h5-9,14,16-18H,3-4,10-13H2,1-2H3. The maximum absolute atomic E-state index is 3.72. The molecule has 0 aliphatic heterocycles. The SMILES string of the molecule is CCNC(Cc1ccccc1)C1CCC(CC)C1. The van der Waals surface area contributed by atoms with E-state index in [0.29, 0.717) is 6.04 Å². The lowest BCUT2D eigenvalue weighted by atomic mass is 9.91. The van der Waals surface area contributed by atoms with E-state index in [1.807, 2.05) is 0 Å². The molecule has 1 aliphatic rings. The van der Waals surface area contributed by atoms with Gasteiger partial charge in [0, 0.05) is 6.04 Å². The molecule has 2 rings (SSSR count). The topological polar surface area (TPSA) is 12.0 Å². The largest absolute Gasteiger partial charge is 0.314 e. The highest BCUT2D eigenvalue weighted by atomic mass is 14.9. The monoisotopic (exact) mass is 245 g/mol. The Hall–Kier alpha value is -0.820. The average Bonchev–Trinajstić information content (AvgIpc) is 2.88. The quantitative estimate of drug-likeness (QED) is 0.798. The zero-order valence-electron chi connectivity index (χ0n) is 11.9. The Balaban J connectivity index is 1.96. The second-order valence-corrected chi connectivity index (χ2v) is 5.70. The fourth-order valence-corrected chi connectivity index (χ4v) is 3.39. The molecule has 0 amide bonds. The van der Waals surface area contributed by atoms with Gasteiger partial charge in [-0.25, -0.2) is 0 Å². The zero-order valence-corrected chi connectivity index (χ0v) is 11.9. The normalized spacial score (nSPS) is 25.2. The van der Waals surface area contributed by atoms with Crippen LogP contribution in [0.1, 0.15) is 45.1 Å². The summed E-state index contributed by atoms with van der Waals surface area (Å²) in [7, 11) is 0. The highest BCUT2D eigenvalue weighted by molar-refractivity contribution is 5.16. The van der Waals surface area contributed by atoms with E-state index in [2.05, 4.69) is 49.5 Å². The van der Waals surface area contributed by atoms with E-state index in [-0.39, 0.29) is 0 Å². The lowest BCUT2D eigenvalue weighted by Crippen LogP contribution is -2.37. The van der Waals surface area contributed by atoms with Gasteiger partial charge in [0.05, 0.1) is 0 Å². The molecule has 1 saturated carbocycles. The highest BCUT2D eigenvalue weighted by Gasteiger charge is 2.29. The number of rotatable bonds is 6. The van der Waals surface area contributed by atoms with E-state index < -0.39 is 0 Å². The second kappa shape index (κ2) is 6.94. The maximum atomic E-state index is 3.72. The van der Waals surface area contributed by atoms with E-state index in [9.17, 15) is 0 Å². The Labute approximate surface area is 112 Å². The Morgan fingerprint density at radius 1 is 1.17 bits per heavy atom. The van der Waals surface area contributed by atoms with Crippen LogP contribution in [-0.4, -0.2) is 12.6 Å². The second-order valence-electron chi connectivity index (χ2n) is 5.70. The molecule has 1 aromatic rings. The van der Waals surface area contributed by atoms with Gasteiger partial charge in [0.1, 0.15) is 0 Å². The summed E-state index contributed by atoms with van der Waals surface area (Å²) in [4.78, 5) is 0. The molecule has 1 nitrogen and oxygen atoms in total. The number of hydrogen-bond acceptors (Lipinski definition) is 1. The molecule has 0 radical (unpaired) electrons. The fraction of sp³-hybridized carbons (Fsp3) is 0.647. The predicted molar refractivity (Wildman–Crippen MR) is 78.7 cm³/mol. The minimum Gasteiger partial charge on any atom is -0.314 e. The van der Waals surface area contributed by atoms with E-state index in [1.54, 1.807) is 0 Å². The zero-order chi connectivity index (χ0) is 12.8. The van der Waals surface area contributed by atoms with Crippen LogP contribution in [0.15, 0.2) is 30.3 Å². The summed E-state index contributed by atoms with van der Waals surface area (Å²) in [6.45, 7) is 5.65. The number of likely N-dealkylation sites (N-methyl/N-ethyl adjacent to an activating group) is 1. The van der Waals surface area contributed by atoms with Crippen molar-refractivity contribution >= 4 is 0 Å². The van der Waals surface area contributed by atoms with Gasteiger partial charge in [-0.15, -0.1) is 0 Å². The van der Waals surface area contributed by atoms with Gasteiger partial charge < -0.3 is 5.32 Å². The predicted octanol–water partition coefficient (Wildman–Crippen LogP) is 4.03. The summed E-state index contributed by atoms with van der Waals surface area (Å²) in [6.07, 6.45) is 6.85. The number of benzene rings is 1. The van der Waals surface area contributed by atoms with Crippen molar-refractivity contribution in [1.29, 1.82) is 0 Å².